The molecule has 0 bridgehead atoms. The molecule has 10 nitrogen and oxygen atoms in total. The Bertz CT molecular complexity index is 1210. The predicted octanol–water partition coefficient (Wildman–Crippen LogP) is 3.58. The van der Waals surface area contributed by atoms with E-state index in [2.05, 4.69) is 25.6 Å². The van der Waals surface area contributed by atoms with Crippen molar-refractivity contribution >= 4 is 50.7 Å². The topological polar surface area (TPSA) is 143 Å². The summed E-state index contributed by atoms with van der Waals surface area (Å²) in [4.78, 5) is 23.6. The molecule has 1 heterocycles. The van der Waals surface area contributed by atoms with E-state index in [0.717, 1.165) is 11.8 Å². The average Bonchev–Trinajstić information content (AvgIpc) is 3.28. The average molecular weight is 490 g/mol. The number of amides is 2. The lowest BCUT2D eigenvalue weighted by Gasteiger charge is -2.07. The van der Waals surface area contributed by atoms with Crippen LogP contribution in [0.5, 0.6) is 0 Å². The first-order chi connectivity index (χ1) is 15.8. The smallest absolute Gasteiger partial charge is 0.277 e. The minimum atomic E-state index is -3.35. The van der Waals surface area contributed by atoms with Crippen LogP contribution in [0, 0.1) is 0 Å². The number of hydrogen-bond acceptors (Lipinski definition) is 8. The van der Waals surface area contributed by atoms with Gasteiger partial charge in [-0.2, -0.15) is 0 Å². The van der Waals surface area contributed by atoms with E-state index < -0.39 is 10.0 Å². The third kappa shape index (κ3) is 7.32. The third-order valence-corrected chi connectivity index (χ3v) is 6.42. The highest BCUT2D eigenvalue weighted by atomic mass is 32.2. The van der Waals surface area contributed by atoms with Crippen LogP contribution in [0.25, 0.3) is 11.5 Å². The van der Waals surface area contributed by atoms with Gasteiger partial charge in [-0.3, -0.25) is 14.3 Å². The van der Waals surface area contributed by atoms with Crippen LogP contribution in [0.4, 0.5) is 17.1 Å². The lowest BCUT2D eigenvalue weighted by molar-refractivity contribution is -0.116. The molecule has 0 radical (unpaired) electrons. The maximum Gasteiger partial charge on any atom is 0.277 e. The van der Waals surface area contributed by atoms with Crippen LogP contribution in [-0.2, 0) is 19.6 Å². The number of aromatic nitrogens is 2. The van der Waals surface area contributed by atoms with Gasteiger partial charge in [0.2, 0.25) is 27.7 Å². The quantitative estimate of drug-likeness (QED) is 0.367. The van der Waals surface area contributed by atoms with Crippen molar-refractivity contribution in [1.82, 2.24) is 10.2 Å². The number of nitrogens with zero attached hydrogens (tertiary/aromatic N) is 2. The van der Waals surface area contributed by atoms with Gasteiger partial charge in [-0.25, -0.2) is 8.42 Å². The Morgan fingerprint density at radius 2 is 1.45 bits per heavy atom. The van der Waals surface area contributed by atoms with Crippen LogP contribution in [0.2, 0.25) is 0 Å². The van der Waals surface area contributed by atoms with Crippen molar-refractivity contribution in [2.24, 2.45) is 0 Å². The fourth-order valence-electron chi connectivity index (χ4n) is 2.53. The molecule has 3 N–H and O–H groups in total. The second-order valence-electron chi connectivity index (χ2n) is 6.77. The SMILES string of the molecule is CCC(=O)Nc1ccc(NC(=O)CSc2nnc(-c3ccc(NS(=O)(=O)CC)cc3)o2)cc1. The summed E-state index contributed by atoms with van der Waals surface area (Å²) in [5, 5.41) is 13.6. The molecular formula is C21H23N5O5S2. The molecule has 0 aliphatic rings. The van der Waals surface area contributed by atoms with Crippen molar-refractivity contribution in [3.63, 3.8) is 0 Å². The first kappa shape index (κ1) is 24.3. The molecule has 0 unspecified atom stereocenters. The highest BCUT2D eigenvalue weighted by Crippen LogP contribution is 2.25. The Balaban J connectivity index is 1.51. The standard InChI is InChI=1S/C21H23N5O5S2/c1-3-18(27)22-15-9-11-16(12-10-15)23-19(28)13-32-21-25-24-20(31-21)14-5-7-17(8-6-14)26-33(29,30)4-2/h5-12,26H,3-4,13H2,1-2H3,(H,22,27)(H,23,28). The van der Waals surface area contributed by atoms with Gasteiger partial charge in [-0.05, 0) is 55.5 Å². The van der Waals surface area contributed by atoms with Crippen LogP contribution < -0.4 is 15.4 Å². The number of carbonyl (C=O) groups excluding carboxylic acids is 2. The maximum atomic E-state index is 12.2. The molecule has 0 aliphatic carbocycles. The van der Waals surface area contributed by atoms with E-state index in [1.807, 2.05) is 0 Å². The zero-order valence-corrected chi connectivity index (χ0v) is 19.6. The molecule has 174 valence electrons. The van der Waals surface area contributed by atoms with Crippen molar-refractivity contribution in [2.75, 3.05) is 26.9 Å². The summed E-state index contributed by atoms with van der Waals surface area (Å²) in [5.41, 5.74) is 2.31. The second kappa shape index (κ2) is 11.0. The number of benzene rings is 2. The maximum absolute atomic E-state index is 12.2. The van der Waals surface area contributed by atoms with Crippen LogP contribution in [0.15, 0.2) is 58.2 Å². The van der Waals surface area contributed by atoms with Gasteiger partial charge < -0.3 is 15.1 Å². The summed E-state index contributed by atoms with van der Waals surface area (Å²) >= 11 is 1.09. The molecule has 0 aliphatic heterocycles. The number of rotatable bonds is 10. The molecular weight excluding hydrogens is 466 g/mol. The molecule has 0 saturated carbocycles. The van der Waals surface area contributed by atoms with Crippen molar-refractivity contribution in [2.45, 2.75) is 25.5 Å². The summed E-state index contributed by atoms with van der Waals surface area (Å²) < 4.78 is 31.3. The van der Waals surface area contributed by atoms with Crippen LogP contribution in [0.1, 0.15) is 20.3 Å². The molecule has 0 fully saturated rings. The van der Waals surface area contributed by atoms with E-state index >= 15 is 0 Å². The lowest BCUT2D eigenvalue weighted by Crippen LogP contribution is -2.14. The van der Waals surface area contributed by atoms with Crippen LogP contribution in [-0.4, -0.2) is 41.9 Å². The zero-order chi connectivity index (χ0) is 23.8. The molecule has 0 spiro atoms. The van der Waals surface area contributed by atoms with E-state index in [1.165, 1.54) is 0 Å². The van der Waals surface area contributed by atoms with E-state index in [4.69, 9.17) is 4.42 Å². The summed E-state index contributed by atoms with van der Waals surface area (Å²) in [6.45, 7) is 3.32. The monoisotopic (exact) mass is 489 g/mol. The molecule has 2 amide bonds. The van der Waals surface area contributed by atoms with Crippen LogP contribution >= 0.6 is 11.8 Å². The van der Waals surface area contributed by atoms with Gasteiger partial charge >= 0.3 is 0 Å². The molecule has 2 aromatic carbocycles. The molecule has 3 rings (SSSR count). The number of anilines is 3. The molecule has 12 heteroatoms. The highest BCUT2D eigenvalue weighted by molar-refractivity contribution is 7.99. The van der Waals surface area contributed by atoms with Gasteiger partial charge in [0, 0.05) is 29.0 Å². The Morgan fingerprint density at radius 3 is 2.03 bits per heavy atom. The van der Waals surface area contributed by atoms with Crippen molar-refractivity contribution in [3.8, 4) is 11.5 Å². The largest absolute Gasteiger partial charge is 0.411 e. The number of thioether (sulfide) groups is 1. The van der Waals surface area contributed by atoms with Crippen molar-refractivity contribution in [1.29, 1.82) is 0 Å². The molecule has 33 heavy (non-hydrogen) atoms. The van der Waals surface area contributed by atoms with Gasteiger partial charge in [-0.1, -0.05) is 18.7 Å². The lowest BCUT2D eigenvalue weighted by atomic mass is 10.2. The summed E-state index contributed by atoms with van der Waals surface area (Å²) in [7, 11) is -3.35. The Labute approximate surface area is 195 Å². The Kier molecular flexibility index (Phi) is 8.06. The molecule has 1 aromatic heterocycles. The van der Waals surface area contributed by atoms with Gasteiger partial charge in [0.1, 0.15) is 0 Å². The minimum Gasteiger partial charge on any atom is -0.411 e. The summed E-state index contributed by atoms with van der Waals surface area (Å²) in [5.74, 6) is -0.0349. The third-order valence-electron chi connectivity index (χ3n) is 4.29. The fraction of sp³-hybridized carbons (Fsp3) is 0.238. The normalized spacial score (nSPS) is 11.1. The second-order valence-corrected chi connectivity index (χ2v) is 9.71. The van der Waals surface area contributed by atoms with E-state index in [9.17, 15) is 18.0 Å². The van der Waals surface area contributed by atoms with Gasteiger partial charge in [0.05, 0.1) is 11.5 Å². The van der Waals surface area contributed by atoms with Gasteiger partial charge in [0.25, 0.3) is 5.22 Å². The number of hydrogen-bond donors (Lipinski definition) is 3. The first-order valence-electron chi connectivity index (χ1n) is 10.0. The van der Waals surface area contributed by atoms with E-state index in [0.29, 0.717) is 29.0 Å². The van der Waals surface area contributed by atoms with Gasteiger partial charge in [-0.15, -0.1) is 10.2 Å². The fourth-order valence-corrected chi connectivity index (χ4v) is 3.73. The summed E-state index contributed by atoms with van der Waals surface area (Å²) in [6.07, 6.45) is 0.388. The van der Waals surface area contributed by atoms with Crippen molar-refractivity contribution in [3.05, 3.63) is 48.5 Å². The number of sulfonamides is 1. The first-order valence-corrected chi connectivity index (χ1v) is 12.7. The Hall–Kier alpha value is -3.38. The molecule has 3 aromatic rings. The minimum absolute atomic E-state index is 0.0188. The van der Waals surface area contributed by atoms with Gasteiger partial charge in [0.15, 0.2) is 0 Å². The van der Waals surface area contributed by atoms with Crippen LogP contribution in [0.3, 0.4) is 0 Å². The predicted molar refractivity (Wildman–Crippen MR) is 128 cm³/mol. The molecule has 0 atom stereocenters. The zero-order valence-electron chi connectivity index (χ0n) is 18.0. The Morgan fingerprint density at radius 1 is 0.879 bits per heavy atom. The van der Waals surface area contributed by atoms with E-state index in [1.54, 1.807) is 62.4 Å². The van der Waals surface area contributed by atoms with E-state index in [-0.39, 0.29) is 34.4 Å². The molecule has 0 saturated heterocycles. The number of carbonyl (C=O) groups is 2. The summed E-state index contributed by atoms with van der Waals surface area (Å²) in [6, 6.07) is 13.3. The highest BCUT2D eigenvalue weighted by Gasteiger charge is 2.13. The van der Waals surface area contributed by atoms with Crippen molar-refractivity contribution < 1.29 is 22.4 Å². The number of nitrogens with one attached hydrogen (secondary N) is 3.